The summed E-state index contributed by atoms with van der Waals surface area (Å²) in [5, 5.41) is 6.25. The van der Waals surface area contributed by atoms with Gasteiger partial charge in [-0.1, -0.05) is 13.3 Å². The van der Waals surface area contributed by atoms with Crippen LogP contribution in [0.5, 0.6) is 0 Å². The molecule has 0 aliphatic carbocycles. The summed E-state index contributed by atoms with van der Waals surface area (Å²) in [7, 11) is 0. The highest BCUT2D eigenvalue weighted by molar-refractivity contribution is 5.01. The topological polar surface area (TPSA) is 27.7 Å². The maximum Gasteiger partial charge on any atom is 0.171 e. The Morgan fingerprint density at radius 3 is 2.69 bits per heavy atom. The predicted octanol–water partition coefficient (Wildman–Crippen LogP) is 2.18. The average molecular weight is 176 g/mol. The lowest BCUT2D eigenvalue weighted by Gasteiger charge is -1.94. The zero-order valence-corrected chi connectivity index (χ0v) is 8.33. The van der Waals surface area contributed by atoms with Gasteiger partial charge in [-0.05, 0) is 13.0 Å². The minimum Gasteiger partial charge on any atom is -0.512 e. The Morgan fingerprint density at radius 1 is 1.46 bits per heavy atom. The van der Waals surface area contributed by atoms with E-state index >= 15 is 0 Å². The second-order valence-electron chi connectivity index (χ2n) is 2.97. The Bertz CT molecular complexity index is 253. The number of nitrogens with zero attached hydrogens (tertiary/aromatic N) is 2. The van der Waals surface area contributed by atoms with E-state index in [9.17, 15) is 0 Å². The van der Waals surface area contributed by atoms with Crippen LogP contribution in [0.2, 0.25) is 0 Å². The van der Waals surface area contributed by atoms with E-state index in [2.05, 4.69) is 42.9 Å². The molecule has 13 heavy (non-hydrogen) atoms. The molecule has 0 spiro atoms. The zero-order chi connectivity index (χ0) is 10.1. The molecule has 0 aromatic carbocycles. The van der Waals surface area contributed by atoms with Crippen LogP contribution in [-0.4, -0.2) is 0 Å². The van der Waals surface area contributed by atoms with E-state index in [0.717, 1.165) is 6.54 Å². The summed E-state index contributed by atoms with van der Waals surface area (Å²) >= 11 is 0. The normalized spacial score (nSPS) is 8.62. The van der Waals surface area contributed by atoms with Crippen LogP contribution < -0.4 is 4.57 Å². The van der Waals surface area contributed by atoms with E-state index in [-0.39, 0.29) is 0 Å². The maximum atomic E-state index is 6.25. The third-order valence-corrected chi connectivity index (χ3v) is 1.78. The minimum atomic E-state index is 1.15. The molecule has 1 aromatic rings. The fourth-order valence-corrected chi connectivity index (χ4v) is 1.13. The third kappa shape index (κ3) is 4.97. The molecule has 1 aromatic heterocycles. The Kier molecular flexibility index (Phi) is 6.53. The smallest absolute Gasteiger partial charge is 0.171 e. The molecule has 2 heteroatoms. The van der Waals surface area contributed by atoms with Crippen LogP contribution >= 0.6 is 0 Å². The van der Waals surface area contributed by atoms with Crippen LogP contribution in [-0.2, 0) is 6.54 Å². The number of pyridine rings is 1. The highest BCUT2D eigenvalue weighted by Gasteiger charge is 1.97. The SMILES string of the molecule is CCCC[n+]1cccc(C)c1.[C-]#N. The van der Waals surface area contributed by atoms with Crippen LogP contribution in [0.3, 0.4) is 0 Å². The largest absolute Gasteiger partial charge is 0.512 e. The second-order valence-corrected chi connectivity index (χ2v) is 2.97. The molecule has 0 unspecified atom stereocenters. The van der Waals surface area contributed by atoms with Gasteiger partial charge in [0.15, 0.2) is 12.4 Å². The van der Waals surface area contributed by atoms with E-state index in [0.29, 0.717) is 0 Å². The van der Waals surface area contributed by atoms with Gasteiger partial charge in [-0.25, -0.2) is 4.57 Å². The molecule has 0 saturated heterocycles. The van der Waals surface area contributed by atoms with Gasteiger partial charge < -0.3 is 11.8 Å². The van der Waals surface area contributed by atoms with E-state index in [1.165, 1.54) is 18.4 Å². The molecule has 0 aliphatic heterocycles. The van der Waals surface area contributed by atoms with Gasteiger partial charge in [-0.3, -0.25) is 0 Å². The minimum absolute atomic E-state index is 1.15. The molecule has 0 aliphatic rings. The molecule has 2 nitrogen and oxygen atoms in total. The standard InChI is InChI=1S/C10H16N.CN/c1-3-4-7-11-8-5-6-10(2)9-11;1-2/h5-6,8-9H,3-4,7H2,1-2H3;/q+1;-1. The zero-order valence-electron chi connectivity index (χ0n) is 8.33. The predicted molar refractivity (Wildman–Crippen MR) is 51.3 cm³/mol. The van der Waals surface area contributed by atoms with Crippen molar-refractivity contribution in [3.05, 3.63) is 36.7 Å². The molecular weight excluding hydrogens is 160 g/mol. The van der Waals surface area contributed by atoms with E-state index < -0.39 is 0 Å². The van der Waals surface area contributed by atoms with Crippen molar-refractivity contribution in [3.63, 3.8) is 0 Å². The van der Waals surface area contributed by atoms with Crippen molar-refractivity contribution in [2.45, 2.75) is 33.2 Å². The first-order valence-electron chi connectivity index (χ1n) is 4.51. The van der Waals surface area contributed by atoms with Gasteiger partial charge >= 0.3 is 0 Å². The van der Waals surface area contributed by atoms with Gasteiger partial charge in [0.05, 0.1) is 0 Å². The van der Waals surface area contributed by atoms with E-state index in [1.54, 1.807) is 0 Å². The molecule has 70 valence electrons. The number of aromatic nitrogens is 1. The van der Waals surface area contributed by atoms with Crippen molar-refractivity contribution < 1.29 is 4.57 Å². The highest BCUT2D eigenvalue weighted by atomic mass is 14.9. The van der Waals surface area contributed by atoms with Gasteiger partial charge in [0.2, 0.25) is 0 Å². The van der Waals surface area contributed by atoms with Crippen molar-refractivity contribution >= 4 is 0 Å². The first kappa shape index (κ1) is 11.6. The van der Waals surface area contributed by atoms with Gasteiger partial charge in [0.1, 0.15) is 6.54 Å². The van der Waals surface area contributed by atoms with Crippen molar-refractivity contribution in [3.8, 4) is 0 Å². The summed E-state index contributed by atoms with van der Waals surface area (Å²) in [6.07, 6.45) is 6.85. The lowest BCUT2D eigenvalue weighted by atomic mass is 10.3. The molecular formula is C11H16N2. The highest BCUT2D eigenvalue weighted by Crippen LogP contribution is 1.91. The Morgan fingerprint density at radius 2 is 2.15 bits per heavy atom. The Labute approximate surface area is 80.4 Å². The van der Waals surface area contributed by atoms with Gasteiger partial charge in [0.25, 0.3) is 0 Å². The summed E-state index contributed by atoms with van der Waals surface area (Å²) in [5.41, 5.74) is 1.34. The first-order valence-corrected chi connectivity index (χ1v) is 4.51. The first-order chi connectivity index (χ1) is 6.33. The maximum absolute atomic E-state index is 6.25. The molecule has 0 radical (unpaired) electrons. The lowest BCUT2D eigenvalue weighted by Crippen LogP contribution is -2.32. The van der Waals surface area contributed by atoms with Crippen molar-refractivity contribution in [2.75, 3.05) is 0 Å². The van der Waals surface area contributed by atoms with Crippen molar-refractivity contribution in [1.82, 2.24) is 0 Å². The summed E-state index contributed by atoms with van der Waals surface area (Å²) in [5.74, 6) is 0. The van der Waals surface area contributed by atoms with Crippen LogP contribution in [0.1, 0.15) is 25.3 Å². The second kappa shape index (κ2) is 7.30. The Balaban J connectivity index is 0.000000671. The number of hydrogen-bond donors (Lipinski definition) is 0. The van der Waals surface area contributed by atoms with Crippen molar-refractivity contribution in [1.29, 1.82) is 5.26 Å². The van der Waals surface area contributed by atoms with Gasteiger partial charge in [0, 0.05) is 18.1 Å². The molecule has 0 bridgehead atoms. The Hall–Kier alpha value is -1.36. The monoisotopic (exact) mass is 176 g/mol. The lowest BCUT2D eigenvalue weighted by molar-refractivity contribution is -0.697. The van der Waals surface area contributed by atoms with Crippen LogP contribution in [0, 0.1) is 18.8 Å². The molecule has 1 heterocycles. The molecule has 0 amide bonds. The third-order valence-electron chi connectivity index (χ3n) is 1.78. The number of hydrogen-bond acceptors (Lipinski definition) is 1. The molecule has 1 rings (SSSR count). The number of aryl methyl sites for hydroxylation is 2. The summed E-state index contributed by atoms with van der Waals surface area (Å²) in [6, 6.07) is 4.23. The van der Waals surface area contributed by atoms with Gasteiger partial charge in [-0.2, -0.15) is 0 Å². The number of unbranched alkanes of at least 4 members (excludes halogenated alkanes) is 1. The molecule has 0 saturated carbocycles. The quantitative estimate of drug-likeness (QED) is 0.512. The van der Waals surface area contributed by atoms with Crippen LogP contribution in [0.15, 0.2) is 24.5 Å². The van der Waals surface area contributed by atoms with Gasteiger partial charge in [-0.15, -0.1) is 0 Å². The molecule has 0 fully saturated rings. The average Bonchev–Trinajstić information content (AvgIpc) is 2.18. The van der Waals surface area contributed by atoms with E-state index in [1.807, 2.05) is 0 Å². The summed E-state index contributed by atoms with van der Waals surface area (Å²) < 4.78 is 2.25. The summed E-state index contributed by atoms with van der Waals surface area (Å²) in [6.45, 7) is 10.2. The van der Waals surface area contributed by atoms with Crippen LogP contribution in [0.25, 0.3) is 0 Å². The van der Waals surface area contributed by atoms with Crippen LogP contribution in [0.4, 0.5) is 0 Å². The number of rotatable bonds is 3. The summed E-state index contributed by atoms with van der Waals surface area (Å²) in [4.78, 5) is 0. The fraction of sp³-hybridized carbons (Fsp3) is 0.455. The van der Waals surface area contributed by atoms with Crippen molar-refractivity contribution in [2.24, 2.45) is 0 Å². The molecule has 0 N–H and O–H groups in total. The fourth-order valence-electron chi connectivity index (χ4n) is 1.13. The van der Waals surface area contributed by atoms with E-state index in [4.69, 9.17) is 11.8 Å². The molecule has 0 atom stereocenters.